The fraction of sp³-hybridized carbons (Fsp3) is 0.400. The third-order valence-electron chi connectivity index (χ3n) is 3.35. The number of benzene rings is 1. The molecule has 0 atom stereocenters. The lowest BCUT2D eigenvalue weighted by atomic mass is 9.97. The first-order chi connectivity index (χ1) is 8.95. The van der Waals surface area contributed by atoms with Gasteiger partial charge in [0, 0.05) is 19.0 Å². The molecule has 2 N–H and O–H groups in total. The number of aromatic nitrogens is 2. The Hall–Kier alpha value is -1.13. The van der Waals surface area contributed by atoms with Crippen LogP contribution < -0.4 is 5.73 Å². The van der Waals surface area contributed by atoms with Crippen LogP contribution in [0.15, 0.2) is 16.6 Å². The van der Waals surface area contributed by atoms with Gasteiger partial charge in [-0.25, -0.2) is 0 Å². The largest absolute Gasteiger partial charge is 0.330 e. The molecule has 0 aliphatic heterocycles. The Morgan fingerprint density at radius 3 is 2.32 bits per heavy atom. The SMILES string of the molecule is Cc1cc(C)c(-c2c(Br)c(CCN)nn2C)c(C)c1. The topological polar surface area (TPSA) is 43.8 Å². The van der Waals surface area contributed by atoms with E-state index in [4.69, 9.17) is 5.73 Å². The Balaban J connectivity index is 2.66. The molecule has 0 saturated carbocycles. The maximum absolute atomic E-state index is 5.64. The quantitative estimate of drug-likeness (QED) is 0.942. The van der Waals surface area contributed by atoms with Crippen molar-refractivity contribution in [3.8, 4) is 11.3 Å². The maximum atomic E-state index is 5.64. The summed E-state index contributed by atoms with van der Waals surface area (Å²) in [7, 11) is 1.98. The second-order valence-electron chi connectivity index (χ2n) is 5.05. The lowest BCUT2D eigenvalue weighted by Crippen LogP contribution is -2.04. The molecule has 0 aliphatic rings. The molecular weight excluding hydrogens is 302 g/mol. The summed E-state index contributed by atoms with van der Waals surface area (Å²) < 4.78 is 3.01. The van der Waals surface area contributed by atoms with Crippen LogP contribution in [0.3, 0.4) is 0 Å². The molecule has 2 rings (SSSR count). The van der Waals surface area contributed by atoms with Crippen LogP contribution in [-0.2, 0) is 13.5 Å². The summed E-state index contributed by atoms with van der Waals surface area (Å²) in [5, 5.41) is 4.57. The molecule has 3 nitrogen and oxygen atoms in total. The van der Waals surface area contributed by atoms with E-state index < -0.39 is 0 Å². The molecule has 0 fully saturated rings. The maximum Gasteiger partial charge on any atom is 0.0829 e. The van der Waals surface area contributed by atoms with Gasteiger partial charge in [-0.1, -0.05) is 17.7 Å². The van der Waals surface area contributed by atoms with Gasteiger partial charge in [0.1, 0.15) is 0 Å². The molecule has 0 spiro atoms. The van der Waals surface area contributed by atoms with Crippen LogP contribution in [0, 0.1) is 20.8 Å². The molecule has 4 heteroatoms. The summed E-state index contributed by atoms with van der Waals surface area (Å²) in [5.74, 6) is 0. The number of hydrogen-bond donors (Lipinski definition) is 1. The highest BCUT2D eigenvalue weighted by molar-refractivity contribution is 9.10. The first-order valence-electron chi connectivity index (χ1n) is 6.45. The van der Waals surface area contributed by atoms with E-state index in [9.17, 15) is 0 Å². The first-order valence-corrected chi connectivity index (χ1v) is 7.24. The highest BCUT2D eigenvalue weighted by Gasteiger charge is 2.18. The van der Waals surface area contributed by atoms with Gasteiger partial charge in [-0.2, -0.15) is 5.10 Å². The lowest BCUT2D eigenvalue weighted by Gasteiger charge is -2.12. The minimum Gasteiger partial charge on any atom is -0.330 e. The van der Waals surface area contributed by atoms with Gasteiger partial charge in [0.2, 0.25) is 0 Å². The van der Waals surface area contributed by atoms with Gasteiger partial charge in [-0.05, 0) is 54.4 Å². The van der Waals surface area contributed by atoms with Crippen molar-refractivity contribution in [2.75, 3.05) is 6.54 Å². The molecule has 0 saturated heterocycles. The highest BCUT2D eigenvalue weighted by atomic mass is 79.9. The van der Waals surface area contributed by atoms with E-state index in [1.807, 2.05) is 11.7 Å². The molecule has 102 valence electrons. The zero-order valence-corrected chi connectivity index (χ0v) is 13.5. The van der Waals surface area contributed by atoms with E-state index in [0.29, 0.717) is 6.54 Å². The second kappa shape index (κ2) is 5.47. The van der Waals surface area contributed by atoms with Crippen LogP contribution in [0.5, 0.6) is 0 Å². The average Bonchev–Trinajstić information content (AvgIpc) is 2.56. The van der Waals surface area contributed by atoms with Gasteiger partial charge in [-0.15, -0.1) is 0 Å². The number of rotatable bonds is 3. The first kappa shape index (κ1) is 14.3. The van der Waals surface area contributed by atoms with Gasteiger partial charge < -0.3 is 5.73 Å². The lowest BCUT2D eigenvalue weighted by molar-refractivity contribution is 0.744. The van der Waals surface area contributed by atoms with E-state index in [1.54, 1.807) is 0 Å². The van der Waals surface area contributed by atoms with E-state index in [-0.39, 0.29) is 0 Å². The van der Waals surface area contributed by atoms with Crippen LogP contribution in [-0.4, -0.2) is 16.3 Å². The molecule has 0 bridgehead atoms. The Labute approximate surface area is 122 Å². The van der Waals surface area contributed by atoms with E-state index in [1.165, 1.54) is 22.3 Å². The van der Waals surface area contributed by atoms with Crippen LogP contribution in [0.1, 0.15) is 22.4 Å². The molecular formula is C15H20BrN3. The number of aryl methyl sites for hydroxylation is 4. The van der Waals surface area contributed by atoms with Crippen LogP contribution in [0.25, 0.3) is 11.3 Å². The normalized spacial score (nSPS) is 11.1. The summed E-state index contributed by atoms with van der Waals surface area (Å²) >= 11 is 3.69. The van der Waals surface area contributed by atoms with Crippen molar-refractivity contribution < 1.29 is 0 Å². The molecule has 2 aromatic rings. The monoisotopic (exact) mass is 321 g/mol. The number of nitrogens with two attached hydrogens (primary N) is 1. The van der Waals surface area contributed by atoms with Crippen molar-refractivity contribution in [2.45, 2.75) is 27.2 Å². The summed E-state index contributed by atoms with van der Waals surface area (Å²) in [6.07, 6.45) is 0.790. The van der Waals surface area contributed by atoms with Crippen LogP contribution in [0.4, 0.5) is 0 Å². The molecule has 19 heavy (non-hydrogen) atoms. The fourth-order valence-electron chi connectivity index (χ4n) is 2.68. The predicted octanol–water partition coefficient (Wildman–Crippen LogP) is 3.28. The zero-order chi connectivity index (χ0) is 14.2. The minimum atomic E-state index is 0.612. The summed E-state index contributed by atoms with van der Waals surface area (Å²) in [4.78, 5) is 0. The van der Waals surface area contributed by atoms with Crippen molar-refractivity contribution in [1.82, 2.24) is 9.78 Å². The molecule has 0 unspecified atom stereocenters. The van der Waals surface area contributed by atoms with Gasteiger partial charge in [0.25, 0.3) is 0 Å². The zero-order valence-electron chi connectivity index (χ0n) is 11.9. The Kier molecular flexibility index (Phi) is 4.11. The Morgan fingerprint density at radius 1 is 1.21 bits per heavy atom. The molecule has 0 radical (unpaired) electrons. The van der Waals surface area contributed by atoms with Crippen molar-refractivity contribution in [2.24, 2.45) is 12.8 Å². The van der Waals surface area contributed by atoms with Crippen molar-refractivity contribution >= 4 is 15.9 Å². The van der Waals surface area contributed by atoms with Crippen LogP contribution in [0.2, 0.25) is 0 Å². The van der Waals surface area contributed by atoms with Gasteiger partial charge in [0.05, 0.1) is 15.9 Å². The second-order valence-corrected chi connectivity index (χ2v) is 5.84. The molecule has 1 heterocycles. The Morgan fingerprint density at radius 2 is 1.79 bits per heavy atom. The summed E-state index contributed by atoms with van der Waals surface area (Å²) in [6.45, 7) is 7.04. The summed E-state index contributed by atoms with van der Waals surface area (Å²) in [5.41, 5.74) is 12.9. The number of hydrogen-bond acceptors (Lipinski definition) is 2. The van der Waals surface area contributed by atoms with E-state index in [0.717, 1.165) is 22.3 Å². The predicted molar refractivity (Wildman–Crippen MR) is 83.3 cm³/mol. The van der Waals surface area contributed by atoms with Crippen molar-refractivity contribution in [3.05, 3.63) is 39.0 Å². The average molecular weight is 322 g/mol. The highest BCUT2D eigenvalue weighted by Crippen LogP contribution is 2.35. The molecule has 0 aliphatic carbocycles. The number of nitrogens with zero attached hydrogens (tertiary/aromatic N) is 2. The van der Waals surface area contributed by atoms with Crippen molar-refractivity contribution in [3.63, 3.8) is 0 Å². The van der Waals surface area contributed by atoms with Gasteiger partial charge >= 0.3 is 0 Å². The van der Waals surface area contributed by atoms with Gasteiger partial charge in [-0.3, -0.25) is 4.68 Å². The number of halogens is 1. The fourth-order valence-corrected chi connectivity index (χ4v) is 3.41. The van der Waals surface area contributed by atoms with Gasteiger partial charge in [0.15, 0.2) is 0 Å². The van der Waals surface area contributed by atoms with E-state index in [2.05, 4.69) is 53.9 Å². The molecule has 1 aromatic carbocycles. The summed E-state index contributed by atoms with van der Waals surface area (Å²) in [6, 6.07) is 4.43. The Bertz CT molecular complexity index is 591. The van der Waals surface area contributed by atoms with Crippen molar-refractivity contribution in [1.29, 1.82) is 0 Å². The smallest absolute Gasteiger partial charge is 0.0829 e. The molecule has 0 amide bonds. The third kappa shape index (κ3) is 2.60. The molecule has 1 aromatic heterocycles. The standard InChI is InChI=1S/C15H20BrN3/c1-9-7-10(2)13(11(3)8-9)15-14(16)12(5-6-17)18-19(15)4/h7-8H,5-6,17H2,1-4H3. The third-order valence-corrected chi connectivity index (χ3v) is 4.18. The minimum absolute atomic E-state index is 0.612. The van der Waals surface area contributed by atoms with E-state index >= 15 is 0 Å². The van der Waals surface area contributed by atoms with Crippen LogP contribution >= 0.6 is 15.9 Å².